The van der Waals surface area contributed by atoms with Crippen LogP contribution >= 0.6 is 0 Å². The van der Waals surface area contributed by atoms with Crippen LogP contribution < -0.4 is 11.5 Å². The summed E-state index contributed by atoms with van der Waals surface area (Å²) in [6.45, 7) is 4.73. The molecule has 0 saturated heterocycles. The fourth-order valence-corrected chi connectivity index (χ4v) is 2.25. The Morgan fingerprint density at radius 2 is 1.37 bits per heavy atom. The van der Waals surface area contributed by atoms with E-state index in [1.165, 1.54) is 51.4 Å². The lowest BCUT2D eigenvalue weighted by Crippen LogP contribution is -2.23. The topological polar surface area (TPSA) is 61.3 Å². The van der Waals surface area contributed by atoms with Gasteiger partial charge in [0, 0.05) is 19.3 Å². The van der Waals surface area contributed by atoms with E-state index in [1.54, 1.807) is 0 Å². The molecule has 0 aliphatic carbocycles. The zero-order chi connectivity index (χ0) is 14.2. The summed E-state index contributed by atoms with van der Waals surface area (Å²) in [5.41, 5.74) is 11.3. The fraction of sp³-hybridized carbons (Fsp3) is 1.00. The minimum Gasteiger partial charge on any atom is -0.381 e. The van der Waals surface area contributed by atoms with Crippen molar-refractivity contribution in [2.75, 3.05) is 19.8 Å². The zero-order valence-electron chi connectivity index (χ0n) is 13.0. The normalized spacial score (nSPS) is 12.8. The predicted octanol–water partition coefficient (Wildman–Crippen LogP) is 3.60. The van der Waals surface area contributed by atoms with Gasteiger partial charge in [0.05, 0.1) is 0 Å². The molecule has 0 aromatic heterocycles. The summed E-state index contributed by atoms with van der Waals surface area (Å²) in [5.74, 6) is 0. The van der Waals surface area contributed by atoms with Gasteiger partial charge in [0.15, 0.2) is 0 Å². The van der Waals surface area contributed by atoms with E-state index in [1.807, 2.05) is 0 Å². The van der Waals surface area contributed by atoms with Crippen molar-refractivity contribution in [3.63, 3.8) is 0 Å². The van der Waals surface area contributed by atoms with Gasteiger partial charge in [-0.05, 0) is 32.2 Å². The number of hydrogen-bond donors (Lipinski definition) is 2. The Balaban J connectivity index is 2.99. The van der Waals surface area contributed by atoms with Crippen molar-refractivity contribution < 1.29 is 4.74 Å². The van der Waals surface area contributed by atoms with Crippen LogP contribution in [0.15, 0.2) is 0 Å². The van der Waals surface area contributed by atoms with Crippen molar-refractivity contribution in [3.8, 4) is 0 Å². The number of hydrogen-bond acceptors (Lipinski definition) is 3. The molecule has 0 aromatic carbocycles. The Hall–Kier alpha value is -0.120. The smallest absolute Gasteiger partial charge is 0.0466 e. The van der Waals surface area contributed by atoms with Crippen molar-refractivity contribution in [3.05, 3.63) is 0 Å². The van der Waals surface area contributed by atoms with E-state index in [4.69, 9.17) is 16.2 Å². The lowest BCUT2D eigenvalue weighted by Gasteiger charge is -2.09. The monoisotopic (exact) mass is 272 g/mol. The Morgan fingerprint density at radius 3 is 2.00 bits per heavy atom. The summed E-state index contributed by atoms with van der Waals surface area (Å²) in [7, 11) is 0. The van der Waals surface area contributed by atoms with Crippen molar-refractivity contribution >= 4 is 0 Å². The van der Waals surface area contributed by atoms with Gasteiger partial charge in [-0.3, -0.25) is 0 Å². The first-order valence-electron chi connectivity index (χ1n) is 8.34. The van der Waals surface area contributed by atoms with Crippen molar-refractivity contribution in [1.29, 1.82) is 0 Å². The van der Waals surface area contributed by atoms with Crippen LogP contribution in [0, 0.1) is 0 Å². The molecule has 1 atom stereocenters. The van der Waals surface area contributed by atoms with Gasteiger partial charge in [-0.1, -0.05) is 51.9 Å². The maximum absolute atomic E-state index is 5.88. The molecule has 0 aromatic rings. The van der Waals surface area contributed by atoms with Crippen LogP contribution in [0.25, 0.3) is 0 Å². The average Bonchev–Trinajstić information content (AvgIpc) is 2.40. The van der Waals surface area contributed by atoms with Gasteiger partial charge in [0.25, 0.3) is 0 Å². The van der Waals surface area contributed by atoms with E-state index in [0.717, 1.165) is 32.5 Å². The summed E-state index contributed by atoms with van der Waals surface area (Å²) in [6, 6.07) is 0.261. The summed E-state index contributed by atoms with van der Waals surface area (Å²) < 4.78 is 5.62. The number of ether oxygens (including phenoxy) is 1. The van der Waals surface area contributed by atoms with Gasteiger partial charge in [0.2, 0.25) is 0 Å². The van der Waals surface area contributed by atoms with E-state index in [2.05, 4.69) is 6.92 Å². The van der Waals surface area contributed by atoms with Crippen LogP contribution in [0.1, 0.15) is 77.6 Å². The second-order valence-corrected chi connectivity index (χ2v) is 5.57. The molecule has 0 radical (unpaired) electrons. The predicted molar refractivity (Wildman–Crippen MR) is 84.3 cm³/mol. The molecule has 0 fully saturated rings. The molecule has 0 saturated carbocycles. The number of nitrogens with two attached hydrogens (primary N) is 2. The largest absolute Gasteiger partial charge is 0.381 e. The van der Waals surface area contributed by atoms with E-state index >= 15 is 0 Å². The van der Waals surface area contributed by atoms with E-state index in [9.17, 15) is 0 Å². The van der Waals surface area contributed by atoms with Gasteiger partial charge >= 0.3 is 0 Å². The Kier molecular flexibility index (Phi) is 15.8. The SMILES string of the molecule is CCCCCCCCCCOCCCC(N)CCN. The molecular formula is C16H36N2O. The minimum absolute atomic E-state index is 0.261. The Labute approximate surface area is 120 Å². The molecule has 3 heteroatoms. The molecule has 0 amide bonds. The fourth-order valence-electron chi connectivity index (χ4n) is 2.25. The number of rotatable bonds is 15. The molecule has 4 N–H and O–H groups in total. The van der Waals surface area contributed by atoms with Crippen LogP contribution in [-0.2, 0) is 4.74 Å². The molecule has 3 nitrogen and oxygen atoms in total. The average molecular weight is 272 g/mol. The minimum atomic E-state index is 0.261. The third kappa shape index (κ3) is 15.8. The standard InChI is InChI=1S/C16H36N2O/c1-2-3-4-5-6-7-8-9-14-19-15-10-11-16(18)12-13-17/h16H,2-15,17-18H2,1H3. The molecule has 1 unspecified atom stereocenters. The maximum Gasteiger partial charge on any atom is 0.0466 e. The lowest BCUT2D eigenvalue weighted by atomic mass is 10.1. The van der Waals surface area contributed by atoms with Gasteiger partial charge < -0.3 is 16.2 Å². The third-order valence-corrected chi connectivity index (χ3v) is 3.54. The van der Waals surface area contributed by atoms with Gasteiger partial charge in [-0.15, -0.1) is 0 Å². The zero-order valence-corrected chi connectivity index (χ0v) is 13.0. The van der Waals surface area contributed by atoms with Gasteiger partial charge in [-0.2, -0.15) is 0 Å². The quantitative estimate of drug-likeness (QED) is 0.448. The third-order valence-electron chi connectivity index (χ3n) is 3.54. The van der Waals surface area contributed by atoms with Crippen LogP contribution in [0.5, 0.6) is 0 Å². The van der Waals surface area contributed by atoms with Crippen LogP contribution in [0.2, 0.25) is 0 Å². The molecule has 19 heavy (non-hydrogen) atoms. The Bertz CT molecular complexity index is 165. The van der Waals surface area contributed by atoms with Gasteiger partial charge in [0.1, 0.15) is 0 Å². The molecule has 0 aliphatic rings. The van der Waals surface area contributed by atoms with Gasteiger partial charge in [-0.25, -0.2) is 0 Å². The Morgan fingerprint density at radius 1 is 0.789 bits per heavy atom. The first kappa shape index (κ1) is 18.9. The summed E-state index contributed by atoms with van der Waals surface area (Å²) in [5, 5.41) is 0. The van der Waals surface area contributed by atoms with Crippen LogP contribution in [0.3, 0.4) is 0 Å². The summed E-state index contributed by atoms with van der Waals surface area (Å²) >= 11 is 0. The maximum atomic E-state index is 5.88. The first-order chi connectivity index (χ1) is 9.31. The highest BCUT2D eigenvalue weighted by molar-refractivity contribution is 4.60. The van der Waals surface area contributed by atoms with Crippen LogP contribution in [-0.4, -0.2) is 25.8 Å². The number of unbranched alkanes of at least 4 members (excludes halogenated alkanes) is 7. The molecule has 0 aliphatic heterocycles. The molecule has 0 heterocycles. The van der Waals surface area contributed by atoms with E-state index < -0.39 is 0 Å². The first-order valence-corrected chi connectivity index (χ1v) is 8.34. The van der Waals surface area contributed by atoms with E-state index in [-0.39, 0.29) is 6.04 Å². The highest BCUT2D eigenvalue weighted by Gasteiger charge is 2.00. The second kappa shape index (κ2) is 15.9. The highest BCUT2D eigenvalue weighted by atomic mass is 16.5. The lowest BCUT2D eigenvalue weighted by molar-refractivity contribution is 0.124. The van der Waals surface area contributed by atoms with Crippen molar-refractivity contribution in [2.45, 2.75) is 83.6 Å². The molecule has 116 valence electrons. The summed E-state index contributed by atoms with van der Waals surface area (Å²) in [4.78, 5) is 0. The van der Waals surface area contributed by atoms with E-state index in [0.29, 0.717) is 6.54 Å². The molecule has 0 spiro atoms. The van der Waals surface area contributed by atoms with Crippen molar-refractivity contribution in [1.82, 2.24) is 0 Å². The molecular weight excluding hydrogens is 236 g/mol. The molecule has 0 rings (SSSR count). The molecule has 0 bridgehead atoms. The second-order valence-electron chi connectivity index (χ2n) is 5.57. The van der Waals surface area contributed by atoms with Crippen molar-refractivity contribution in [2.24, 2.45) is 11.5 Å². The highest BCUT2D eigenvalue weighted by Crippen LogP contribution is 2.08. The summed E-state index contributed by atoms with van der Waals surface area (Å²) in [6.07, 6.45) is 13.9. The van der Waals surface area contributed by atoms with Crippen LogP contribution in [0.4, 0.5) is 0 Å².